The molecule has 116 valence electrons. The average Bonchev–Trinajstić information content (AvgIpc) is 2.93. The first-order valence-electron chi connectivity index (χ1n) is 7.70. The molecule has 2 aliphatic rings. The second-order valence-corrected chi connectivity index (χ2v) is 6.62. The van der Waals surface area contributed by atoms with Gasteiger partial charge in [-0.15, -0.1) is 0 Å². The third-order valence-corrected chi connectivity index (χ3v) is 4.24. The van der Waals surface area contributed by atoms with Crippen molar-refractivity contribution in [3.8, 4) is 0 Å². The zero-order valence-electron chi connectivity index (χ0n) is 12.8. The van der Waals surface area contributed by atoms with Crippen molar-refractivity contribution >= 4 is 5.69 Å². The minimum Gasteiger partial charge on any atom is -0.372 e. The van der Waals surface area contributed by atoms with E-state index in [1.165, 1.54) is 0 Å². The van der Waals surface area contributed by atoms with Gasteiger partial charge in [-0.25, -0.2) is 4.68 Å². The van der Waals surface area contributed by atoms with Gasteiger partial charge in [0.25, 0.3) is 5.56 Å². The Morgan fingerprint density at radius 3 is 3.05 bits per heavy atom. The van der Waals surface area contributed by atoms with Crippen LogP contribution in [0.5, 0.6) is 0 Å². The van der Waals surface area contributed by atoms with Crippen LogP contribution in [0.4, 0.5) is 5.69 Å². The van der Waals surface area contributed by atoms with Crippen LogP contribution in [0.25, 0.3) is 0 Å². The first-order valence-corrected chi connectivity index (χ1v) is 7.70. The molecule has 1 aromatic rings. The largest absolute Gasteiger partial charge is 0.372 e. The highest BCUT2D eigenvalue weighted by atomic mass is 16.5. The molecule has 3 heterocycles. The maximum absolute atomic E-state index is 12.3. The van der Waals surface area contributed by atoms with E-state index in [1.54, 1.807) is 10.7 Å². The van der Waals surface area contributed by atoms with Crippen LogP contribution in [0.2, 0.25) is 0 Å². The highest BCUT2D eigenvalue weighted by Crippen LogP contribution is 2.21. The summed E-state index contributed by atoms with van der Waals surface area (Å²) in [5, 5.41) is 7.68. The van der Waals surface area contributed by atoms with Crippen molar-refractivity contribution in [1.29, 1.82) is 0 Å². The van der Waals surface area contributed by atoms with E-state index in [0.29, 0.717) is 19.1 Å². The normalized spacial score (nSPS) is 25.2. The summed E-state index contributed by atoms with van der Waals surface area (Å²) in [5.41, 5.74) is 0.712. The molecular formula is C15H24N4O2. The van der Waals surface area contributed by atoms with Crippen molar-refractivity contribution in [3.63, 3.8) is 0 Å². The lowest BCUT2D eigenvalue weighted by molar-refractivity contribution is -0.0277. The van der Waals surface area contributed by atoms with Gasteiger partial charge in [0, 0.05) is 25.7 Å². The van der Waals surface area contributed by atoms with Crippen LogP contribution in [0.3, 0.4) is 0 Å². The summed E-state index contributed by atoms with van der Waals surface area (Å²) in [6, 6.07) is 1.71. The van der Waals surface area contributed by atoms with Crippen LogP contribution in [0, 0.1) is 5.92 Å². The standard InChI is InChI=1S/C15H24N4O2/c1-15(2)11-18(5-6-21-15)13-7-14(20)19(17-9-13)10-12-3-4-16-8-12/h7,9,12,16H,3-6,8,10-11H2,1-2H3. The molecule has 0 aromatic carbocycles. The predicted molar refractivity (Wildman–Crippen MR) is 81.7 cm³/mol. The van der Waals surface area contributed by atoms with Gasteiger partial charge in [0.15, 0.2) is 0 Å². The zero-order chi connectivity index (χ0) is 14.9. The van der Waals surface area contributed by atoms with Crippen molar-refractivity contribution in [2.24, 2.45) is 5.92 Å². The number of hydrogen-bond acceptors (Lipinski definition) is 5. The van der Waals surface area contributed by atoms with Crippen LogP contribution in [-0.4, -0.2) is 48.2 Å². The van der Waals surface area contributed by atoms with Crippen LogP contribution in [0.15, 0.2) is 17.1 Å². The third-order valence-electron chi connectivity index (χ3n) is 4.24. The molecule has 0 aliphatic carbocycles. The molecule has 1 unspecified atom stereocenters. The summed E-state index contributed by atoms with van der Waals surface area (Å²) in [4.78, 5) is 14.4. The molecule has 0 radical (unpaired) electrons. The number of nitrogens with one attached hydrogen (secondary N) is 1. The number of hydrogen-bond donors (Lipinski definition) is 1. The summed E-state index contributed by atoms with van der Waals surface area (Å²) in [6.07, 6.45) is 2.93. The van der Waals surface area contributed by atoms with Gasteiger partial charge in [-0.05, 0) is 39.3 Å². The van der Waals surface area contributed by atoms with E-state index >= 15 is 0 Å². The van der Waals surface area contributed by atoms with E-state index < -0.39 is 0 Å². The first kappa shape index (κ1) is 14.5. The molecule has 2 saturated heterocycles. The monoisotopic (exact) mass is 292 g/mol. The zero-order valence-corrected chi connectivity index (χ0v) is 12.8. The van der Waals surface area contributed by atoms with Gasteiger partial charge in [-0.1, -0.05) is 0 Å². The SMILES string of the molecule is CC1(C)CN(c2cnn(CC3CCNC3)c(=O)c2)CCO1. The molecule has 0 spiro atoms. The van der Waals surface area contributed by atoms with Gasteiger partial charge in [0.05, 0.1) is 24.1 Å². The van der Waals surface area contributed by atoms with Crippen LogP contribution < -0.4 is 15.8 Å². The predicted octanol–water partition coefficient (Wildman–Crippen LogP) is 0.468. The molecule has 21 heavy (non-hydrogen) atoms. The summed E-state index contributed by atoms with van der Waals surface area (Å²) in [6.45, 7) is 9.14. The quantitative estimate of drug-likeness (QED) is 0.877. The Morgan fingerprint density at radius 1 is 1.52 bits per heavy atom. The summed E-state index contributed by atoms with van der Waals surface area (Å²) < 4.78 is 7.30. The highest BCUT2D eigenvalue weighted by molar-refractivity contribution is 5.43. The fourth-order valence-electron chi connectivity index (χ4n) is 3.09. The van der Waals surface area contributed by atoms with E-state index in [2.05, 4.69) is 29.2 Å². The lowest BCUT2D eigenvalue weighted by atomic mass is 10.1. The molecule has 0 amide bonds. The van der Waals surface area contributed by atoms with E-state index in [4.69, 9.17) is 4.74 Å². The molecule has 2 fully saturated rings. The van der Waals surface area contributed by atoms with Gasteiger partial charge < -0.3 is 15.0 Å². The Labute approximate surface area is 125 Å². The van der Waals surface area contributed by atoms with Crippen molar-refractivity contribution in [3.05, 3.63) is 22.6 Å². The minimum absolute atomic E-state index is 0.0105. The number of ether oxygens (including phenoxy) is 1. The van der Waals surface area contributed by atoms with Gasteiger partial charge in [0.2, 0.25) is 0 Å². The van der Waals surface area contributed by atoms with E-state index in [-0.39, 0.29) is 11.2 Å². The summed E-state index contributed by atoms with van der Waals surface area (Å²) in [5.74, 6) is 0.517. The van der Waals surface area contributed by atoms with Gasteiger partial charge in [-0.2, -0.15) is 5.10 Å². The Morgan fingerprint density at radius 2 is 2.38 bits per heavy atom. The molecule has 0 bridgehead atoms. The van der Waals surface area contributed by atoms with Crippen LogP contribution >= 0.6 is 0 Å². The maximum atomic E-state index is 12.3. The second-order valence-electron chi connectivity index (χ2n) is 6.62. The number of aromatic nitrogens is 2. The molecule has 6 heteroatoms. The fourth-order valence-corrected chi connectivity index (χ4v) is 3.09. The summed E-state index contributed by atoms with van der Waals surface area (Å²) >= 11 is 0. The lowest BCUT2D eigenvalue weighted by Gasteiger charge is -2.39. The molecule has 6 nitrogen and oxygen atoms in total. The van der Waals surface area contributed by atoms with Crippen LogP contribution in [-0.2, 0) is 11.3 Å². The molecule has 0 saturated carbocycles. The topological polar surface area (TPSA) is 59.4 Å². The molecular weight excluding hydrogens is 268 g/mol. The smallest absolute Gasteiger partial charge is 0.268 e. The van der Waals surface area contributed by atoms with Gasteiger partial charge in [-0.3, -0.25) is 4.79 Å². The molecule has 1 aromatic heterocycles. The minimum atomic E-state index is -0.178. The average molecular weight is 292 g/mol. The van der Waals surface area contributed by atoms with Crippen LogP contribution in [0.1, 0.15) is 20.3 Å². The van der Waals surface area contributed by atoms with Crippen molar-refractivity contribution in [2.75, 3.05) is 37.7 Å². The third kappa shape index (κ3) is 3.44. The Hall–Kier alpha value is -1.40. The second kappa shape index (κ2) is 5.77. The van der Waals surface area contributed by atoms with Crippen molar-refractivity contribution in [2.45, 2.75) is 32.4 Å². The summed E-state index contributed by atoms with van der Waals surface area (Å²) in [7, 11) is 0. The Kier molecular flexibility index (Phi) is 3.99. The first-order chi connectivity index (χ1) is 10.0. The lowest BCUT2D eigenvalue weighted by Crippen LogP contribution is -2.48. The molecule has 3 rings (SSSR count). The molecule has 1 atom stereocenters. The van der Waals surface area contributed by atoms with Gasteiger partial charge in [0.1, 0.15) is 0 Å². The van der Waals surface area contributed by atoms with Crippen molar-refractivity contribution < 1.29 is 4.74 Å². The van der Waals surface area contributed by atoms with E-state index in [9.17, 15) is 4.79 Å². The highest BCUT2D eigenvalue weighted by Gasteiger charge is 2.27. The number of morpholine rings is 1. The molecule has 2 aliphatic heterocycles. The van der Waals surface area contributed by atoms with E-state index in [1.807, 2.05) is 6.20 Å². The number of nitrogens with zero attached hydrogens (tertiary/aromatic N) is 3. The Bertz CT molecular complexity index is 549. The van der Waals surface area contributed by atoms with Crippen molar-refractivity contribution in [1.82, 2.24) is 15.1 Å². The number of rotatable bonds is 3. The maximum Gasteiger partial charge on any atom is 0.268 e. The van der Waals surface area contributed by atoms with E-state index in [0.717, 1.165) is 38.3 Å². The molecule has 1 N–H and O–H groups in total. The van der Waals surface area contributed by atoms with Gasteiger partial charge >= 0.3 is 0 Å². The fraction of sp³-hybridized carbons (Fsp3) is 0.733. The number of anilines is 1. The Balaban J connectivity index is 1.73.